The lowest BCUT2D eigenvalue weighted by Gasteiger charge is -2.36. The van der Waals surface area contributed by atoms with Gasteiger partial charge < -0.3 is 5.73 Å². The molecule has 0 unspecified atom stereocenters. The Kier molecular flexibility index (Phi) is 4.07. The topological polar surface area (TPSA) is 64.7 Å². The number of rotatable bonds is 2. The molecule has 1 saturated carbocycles. The van der Waals surface area contributed by atoms with E-state index in [0.717, 1.165) is 24.0 Å². The molecule has 0 bridgehead atoms. The first-order chi connectivity index (χ1) is 8.90. The summed E-state index contributed by atoms with van der Waals surface area (Å²) in [6.45, 7) is 9.07. The van der Waals surface area contributed by atoms with Gasteiger partial charge in [0.2, 0.25) is 5.95 Å². The maximum atomic E-state index is 5.78. The smallest absolute Gasteiger partial charge is 0.223 e. The van der Waals surface area contributed by atoms with Crippen LogP contribution in [0.25, 0.3) is 0 Å². The number of hydrogen-bond donors (Lipinski definition) is 1. The molecule has 106 valence electrons. The molecule has 0 atom stereocenters. The first-order valence-corrected chi connectivity index (χ1v) is 7.40. The van der Waals surface area contributed by atoms with Gasteiger partial charge in [0, 0.05) is 12.3 Å². The van der Waals surface area contributed by atoms with Crippen molar-refractivity contribution in [3.8, 4) is 0 Å². The molecule has 1 fully saturated rings. The van der Waals surface area contributed by atoms with Crippen molar-refractivity contribution >= 4 is 5.95 Å². The van der Waals surface area contributed by atoms with E-state index in [0.29, 0.717) is 17.3 Å². The van der Waals surface area contributed by atoms with E-state index in [1.807, 2.05) is 0 Å². The number of hydrogen-bond acceptors (Lipinski definition) is 4. The molecule has 1 aliphatic rings. The summed E-state index contributed by atoms with van der Waals surface area (Å²) >= 11 is 0. The van der Waals surface area contributed by atoms with Crippen LogP contribution in [0.15, 0.2) is 0 Å². The summed E-state index contributed by atoms with van der Waals surface area (Å²) in [4.78, 5) is 13.1. The Morgan fingerprint density at radius 3 is 2.21 bits per heavy atom. The second-order valence-electron chi connectivity index (χ2n) is 6.74. The average Bonchev–Trinajstić information content (AvgIpc) is 2.37. The molecule has 0 aliphatic heterocycles. The van der Waals surface area contributed by atoms with Gasteiger partial charge >= 0.3 is 0 Å². The van der Waals surface area contributed by atoms with Crippen molar-refractivity contribution in [2.24, 2.45) is 11.3 Å². The predicted octanol–water partition coefficient (Wildman–Crippen LogP) is 3.34. The van der Waals surface area contributed by atoms with Crippen molar-refractivity contribution in [3.05, 3.63) is 11.6 Å². The van der Waals surface area contributed by atoms with Crippen molar-refractivity contribution in [2.75, 3.05) is 5.73 Å². The highest BCUT2D eigenvalue weighted by Gasteiger charge is 2.31. The summed E-state index contributed by atoms with van der Waals surface area (Å²) in [5, 5.41) is 0. The third kappa shape index (κ3) is 3.43. The zero-order valence-corrected chi connectivity index (χ0v) is 12.6. The lowest BCUT2D eigenvalue weighted by molar-refractivity contribution is 0.167. The first kappa shape index (κ1) is 14.2. The highest BCUT2D eigenvalue weighted by Crippen LogP contribution is 2.42. The first-order valence-electron chi connectivity index (χ1n) is 7.40. The summed E-state index contributed by atoms with van der Waals surface area (Å²) in [5.74, 6) is 3.39. The molecule has 2 rings (SSSR count). The van der Waals surface area contributed by atoms with Crippen molar-refractivity contribution < 1.29 is 0 Å². The Morgan fingerprint density at radius 2 is 1.68 bits per heavy atom. The minimum atomic E-state index is 0.375. The highest BCUT2D eigenvalue weighted by atomic mass is 15.1. The van der Waals surface area contributed by atoms with Gasteiger partial charge in [-0.2, -0.15) is 9.97 Å². The molecular formula is C15H26N4. The molecule has 0 amide bonds. The number of nitrogen functional groups attached to an aromatic ring is 1. The Morgan fingerprint density at radius 1 is 1.05 bits per heavy atom. The predicted molar refractivity (Wildman–Crippen MR) is 77.8 cm³/mol. The third-order valence-corrected chi connectivity index (χ3v) is 4.35. The van der Waals surface area contributed by atoms with E-state index in [9.17, 15) is 0 Å². The van der Waals surface area contributed by atoms with Gasteiger partial charge in [-0.3, -0.25) is 0 Å². The van der Waals surface area contributed by atoms with Crippen molar-refractivity contribution in [3.63, 3.8) is 0 Å². The van der Waals surface area contributed by atoms with Gasteiger partial charge in [0.25, 0.3) is 0 Å². The van der Waals surface area contributed by atoms with Gasteiger partial charge in [-0.1, -0.05) is 27.7 Å². The third-order valence-electron chi connectivity index (χ3n) is 4.35. The van der Waals surface area contributed by atoms with Crippen molar-refractivity contribution in [1.82, 2.24) is 15.0 Å². The van der Waals surface area contributed by atoms with Gasteiger partial charge in [0.05, 0.1) is 0 Å². The molecule has 0 aromatic carbocycles. The Hall–Kier alpha value is -1.19. The molecule has 0 radical (unpaired) electrons. The number of aryl methyl sites for hydroxylation is 1. The zero-order chi connectivity index (χ0) is 14.0. The Balaban J connectivity index is 2.07. The molecule has 2 N–H and O–H groups in total. The van der Waals surface area contributed by atoms with Crippen LogP contribution in [0.2, 0.25) is 0 Å². The van der Waals surface area contributed by atoms with E-state index in [2.05, 4.69) is 42.6 Å². The van der Waals surface area contributed by atoms with E-state index in [1.165, 1.54) is 25.7 Å². The molecule has 0 saturated heterocycles. The van der Waals surface area contributed by atoms with Crippen molar-refractivity contribution in [1.29, 1.82) is 0 Å². The molecule has 4 nitrogen and oxygen atoms in total. The molecule has 1 heterocycles. The largest absolute Gasteiger partial charge is 0.368 e. The van der Waals surface area contributed by atoms with Gasteiger partial charge in [-0.05, 0) is 37.0 Å². The van der Waals surface area contributed by atoms with Crippen LogP contribution in [0.5, 0.6) is 0 Å². The number of anilines is 1. The van der Waals surface area contributed by atoms with E-state index in [1.54, 1.807) is 0 Å². The second kappa shape index (κ2) is 5.43. The molecular weight excluding hydrogens is 236 g/mol. The maximum Gasteiger partial charge on any atom is 0.223 e. The van der Waals surface area contributed by atoms with E-state index in [-0.39, 0.29) is 0 Å². The zero-order valence-electron chi connectivity index (χ0n) is 12.6. The van der Waals surface area contributed by atoms with Crippen LogP contribution >= 0.6 is 0 Å². The van der Waals surface area contributed by atoms with Gasteiger partial charge in [-0.15, -0.1) is 0 Å². The SMILES string of the molecule is CCc1nc(N)nc(C2CCC(C(C)(C)C)CC2)n1. The quantitative estimate of drug-likeness (QED) is 0.887. The number of nitrogens with zero attached hydrogens (tertiary/aromatic N) is 3. The van der Waals surface area contributed by atoms with Gasteiger partial charge in [0.1, 0.15) is 11.6 Å². The fraction of sp³-hybridized carbons (Fsp3) is 0.800. The fourth-order valence-electron chi connectivity index (χ4n) is 3.02. The normalized spacial score (nSPS) is 24.4. The standard InChI is InChI=1S/C15H26N4/c1-5-12-17-13(19-14(16)18-12)10-6-8-11(9-7-10)15(2,3)4/h10-11H,5-9H2,1-4H3,(H2,16,17,18,19). The molecule has 0 spiro atoms. The lowest BCUT2D eigenvalue weighted by Crippen LogP contribution is -2.26. The van der Waals surface area contributed by atoms with Crippen LogP contribution in [0, 0.1) is 11.3 Å². The molecule has 1 aromatic heterocycles. The van der Waals surface area contributed by atoms with E-state index in [4.69, 9.17) is 5.73 Å². The van der Waals surface area contributed by atoms with E-state index >= 15 is 0 Å². The minimum absolute atomic E-state index is 0.375. The second-order valence-corrected chi connectivity index (χ2v) is 6.74. The fourth-order valence-corrected chi connectivity index (χ4v) is 3.02. The van der Waals surface area contributed by atoms with Crippen LogP contribution in [0.4, 0.5) is 5.95 Å². The van der Waals surface area contributed by atoms with Gasteiger partial charge in [-0.25, -0.2) is 4.98 Å². The van der Waals surface area contributed by atoms with Crippen LogP contribution in [-0.2, 0) is 6.42 Å². The summed E-state index contributed by atoms with van der Waals surface area (Å²) < 4.78 is 0. The summed E-state index contributed by atoms with van der Waals surface area (Å²) in [6.07, 6.45) is 5.70. The molecule has 19 heavy (non-hydrogen) atoms. The average molecular weight is 262 g/mol. The monoisotopic (exact) mass is 262 g/mol. The van der Waals surface area contributed by atoms with Crippen LogP contribution < -0.4 is 5.73 Å². The van der Waals surface area contributed by atoms with E-state index < -0.39 is 0 Å². The van der Waals surface area contributed by atoms with Crippen LogP contribution in [-0.4, -0.2) is 15.0 Å². The molecule has 1 aromatic rings. The van der Waals surface area contributed by atoms with Crippen molar-refractivity contribution in [2.45, 2.75) is 65.7 Å². The molecule has 4 heteroatoms. The Labute approximate surface area is 116 Å². The summed E-state index contributed by atoms with van der Waals surface area (Å²) in [6, 6.07) is 0. The molecule has 1 aliphatic carbocycles. The van der Waals surface area contributed by atoms with Crippen LogP contribution in [0.3, 0.4) is 0 Å². The van der Waals surface area contributed by atoms with Gasteiger partial charge in [0.15, 0.2) is 0 Å². The van der Waals surface area contributed by atoms with Crippen LogP contribution in [0.1, 0.15) is 70.9 Å². The minimum Gasteiger partial charge on any atom is -0.368 e. The Bertz CT molecular complexity index is 428. The summed E-state index contributed by atoms with van der Waals surface area (Å²) in [7, 11) is 0. The highest BCUT2D eigenvalue weighted by molar-refractivity contribution is 5.18. The number of aromatic nitrogens is 3. The number of nitrogens with two attached hydrogens (primary N) is 1. The lowest BCUT2D eigenvalue weighted by atomic mass is 9.70. The maximum absolute atomic E-state index is 5.78. The summed E-state index contributed by atoms with van der Waals surface area (Å²) in [5.41, 5.74) is 6.19.